The van der Waals surface area contributed by atoms with Crippen molar-refractivity contribution in [2.75, 3.05) is 24.5 Å². The van der Waals surface area contributed by atoms with Crippen LogP contribution in [0.4, 0.5) is 5.69 Å². The van der Waals surface area contributed by atoms with Crippen LogP contribution in [0.3, 0.4) is 0 Å². The van der Waals surface area contributed by atoms with Crippen LogP contribution in [0.1, 0.15) is 19.8 Å². The molecule has 1 fully saturated rings. The fraction of sp³-hybridized carbons (Fsp3) is 0.438. The highest BCUT2D eigenvalue weighted by Gasteiger charge is 2.20. The van der Waals surface area contributed by atoms with Crippen molar-refractivity contribution in [3.05, 3.63) is 36.5 Å². The molecule has 0 radical (unpaired) electrons. The van der Waals surface area contributed by atoms with Crippen molar-refractivity contribution >= 4 is 16.6 Å². The number of rotatable bonds is 3. The molecule has 0 aliphatic carbocycles. The molecule has 2 heterocycles. The lowest BCUT2D eigenvalue weighted by atomic mass is 10.0. The van der Waals surface area contributed by atoms with Gasteiger partial charge in [0.15, 0.2) is 0 Å². The van der Waals surface area contributed by atoms with Crippen molar-refractivity contribution in [2.24, 2.45) is 0 Å². The summed E-state index contributed by atoms with van der Waals surface area (Å²) in [6, 6.07) is 11.4. The predicted octanol–water partition coefficient (Wildman–Crippen LogP) is 2.81. The highest BCUT2D eigenvalue weighted by Crippen LogP contribution is 2.25. The van der Waals surface area contributed by atoms with Crippen LogP contribution in [-0.4, -0.2) is 30.7 Å². The monoisotopic (exact) mass is 255 g/mol. The van der Waals surface area contributed by atoms with Gasteiger partial charge in [-0.2, -0.15) is 0 Å². The largest absolute Gasteiger partial charge is 0.369 e. The quantitative estimate of drug-likeness (QED) is 0.914. The van der Waals surface area contributed by atoms with Crippen LogP contribution in [0, 0.1) is 0 Å². The van der Waals surface area contributed by atoms with E-state index < -0.39 is 0 Å². The highest BCUT2D eigenvalue weighted by atomic mass is 15.2. The summed E-state index contributed by atoms with van der Waals surface area (Å²) in [5, 5.41) is 4.67. The number of pyridine rings is 1. The zero-order valence-electron chi connectivity index (χ0n) is 11.5. The van der Waals surface area contributed by atoms with Crippen molar-refractivity contribution in [1.82, 2.24) is 10.3 Å². The molecular formula is C16H21N3. The average molecular weight is 255 g/mol. The summed E-state index contributed by atoms with van der Waals surface area (Å²) in [5.41, 5.74) is 2.41. The lowest BCUT2D eigenvalue weighted by molar-refractivity contribution is 0.433. The van der Waals surface area contributed by atoms with Gasteiger partial charge in [0, 0.05) is 29.9 Å². The Balaban J connectivity index is 1.91. The maximum Gasteiger partial charge on any atom is 0.0703 e. The van der Waals surface area contributed by atoms with Gasteiger partial charge in [0.05, 0.1) is 5.52 Å². The molecule has 0 saturated carbocycles. The van der Waals surface area contributed by atoms with Gasteiger partial charge in [-0.25, -0.2) is 0 Å². The first-order valence-corrected chi connectivity index (χ1v) is 7.20. The number of aromatic nitrogens is 1. The van der Waals surface area contributed by atoms with E-state index in [9.17, 15) is 0 Å². The Kier molecular flexibility index (Phi) is 3.65. The molecule has 3 rings (SSSR count). The summed E-state index contributed by atoms with van der Waals surface area (Å²) in [4.78, 5) is 6.93. The zero-order chi connectivity index (χ0) is 13.1. The molecule has 1 aromatic carbocycles. The van der Waals surface area contributed by atoms with Gasteiger partial charge in [-0.05, 0) is 57.1 Å². The number of fused-ring (bicyclic) bond motifs is 1. The van der Waals surface area contributed by atoms with Crippen molar-refractivity contribution in [2.45, 2.75) is 25.8 Å². The Morgan fingerprint density at radius 2 is 2.11 bits per heavy atom. The predicted molar refractivity (Wildman–Crippen MR) is 80.7 cm³/mol. The Hall–Kier alpha value is -1.61. The van der Waals surface area contributed by atoms with Gasteiger partial charge in [0.2, 0.25) is 0 Å². The Labute approximate surface area is 114 Å². The van der Waals surface area contributed by atoms with Gasteiger partial charge in [0.25, 0.3) is 0 Å². The lowest BCUT2D eigenvalue weighted by Gasteiger charge is -2.35. The normalized spacial score (nSPS) is 16.7. The van der Waals surface area contributed by atoms with Gasteiger partial charge >= 0.3 is 0 Å². The third-order valence-corrected chi connectivity index (χ3v) is 4.01. The van der Waals surface area contributed by atoms with Gasteiger partial charge in [-0.3, -0.25) is 4.98 Å². The maximum absolute atomic E-state index is 4.39. The number of benzene rings is 1. The first kappa shape index (κ1) is 12.4. The van der Waals surface area contributed by atoms with E-state index >= 15 is 0 Å². The standard InChI is InChI=1S/C16H21N3/c1-2-19(14-7-10-17-11-8-14)15-5-6-16-13(12-15)4-3-9-18-16/h3-6,9,12,14,17H,2,7-8,10-11H2,1H3. The van der Waals surface area contributed by atoms with Crippen molar-refractivity contribution < 1.29 is 0 Å². The Morgan fingerprint density at radius 1 is 1.26 bits per heavy atom. The molecule has 1 saturated heterocycles. The third-order valence-electron chi connectivity index (χ3n) is 4.01. The topological polar surface area (TPSA) is 28.2 Å². The fourth-order valence-electron chi connectivity index (χ4n) is 3.01. The molecule has 1 aromatic heterocycles. The lowest BCUT2D eigenvalue weighted by Crippen LogP contribution is -2.43. The number of piperidine rings is 1. The van der Waals surface area contributed by atoms with Crippen LogP contribution in [-0.2, 0) is 0 Å². The second-order valence-electron chi connectivity index (χ2n) is 5.15. The van der Waals surface area contributed by atoms with Crippen LogP contribution in [0.2, 0.25) is 0 Å². The molecule has 1 aliphatic heterocycles. The summed E-state index contributed by atoms with van der Waals surface area (Å²) >= 11 is 0. The van der Waals surface area contributed by atoms with Crippen molar-refractivity contribution in [3.8, 4) is 0 Å². The molecule has 0 atom stereocenters. The van der Waals surface area contributed by atoms with E-state index in [1.165, 1.54) is 23.9 Å². The Morgan fingerprint density at radius 3 is 2.89 bits per heavy atom. The number of nitrogens with one attached hydrogen (secondary N) is 1. The smallest absolute Gasteiger partial charge is 0.0703 e. The molecule has 2 aromatic rings. The molecule has 0 bridgehead atoms. The van der Waals surface area contributed by atoms with E-state index in [0.29, 0.717) is 6.04 Å². The van der Waals surface area contributed by atoms with E-state index in [2.05, 4.69) is 46.4 Å². The van der Waals surface area contributed by atoms with Crippen LogP contribution < -0.4 is 10.2 Å². The third kappa shape index (κ3) is 2.56. The van der Waals surface area contributed by atoms with Crippen LogP contribution in [0.5, 0.6) is 0 Å². The number of anilines is 1. The molecule has 100 valence electrons. The van der Waals surface area contributed by atoms with Gasteiger partial charge in [-0.1, -0.05) is 6.07 Å². The number of hydrogen-bond acceptors (Lipinski definition) is 3. The van der Waals surface area contributed by atoms with E-state index in [1.54, 1.807) is 0 Å². The van der Waals surface area contributed by atoms with Crippen molar-refractivity contribution in [3.63, 3.8) is 0 Å². The summed E-state index contributed by atoms with van der Waals surface area (Å²) in [6.45, 7) is 5.58. The minimum atomic E-state index is 0.667. The van der Waals surface area contributed by atoms with Gasteiger partial charge in [0.1, 0.15) is 0 Å². The minimum Gasteiger partial charge on any atom is -0.369 e. The average Bonchev–Trinajstić information content (AvgIpc) is 2.49. The van der Waals surface area contributed by atoms with E-state index in [0.717, 1.165) is 25.2 Å². The second kappa shape index (κ2) is 5.57. The summed E-state index contributed by atoms with van der Waals surface area (Å²) in [7, 11) is 0. The molecule has 19 heavy (non-hydrogen) atoms. The molecule has 0 spiro atoms. The van der Waals surface area contributed by atoms with E-state index in [4.69, 9.17) is 0 Å². The van der Waals surface area contributed by atoms with Crippen molar-refractivity contribution in [1.29, 1.82) is 0 Å². The van der Waals surface area contributed by atoms with E-state index in [1.807, 2.05) is 12.3 Å². The summed E-state index contributed by atoms with van der Waals surface area (Å²) in [5.74, 6) is 0. The second-order valence-corrected chi connectivity index (χ2v) is 5.15. The molecule has 0 unspecified atom stereocenters. The SMILES string of the molecule is CCN(c1ccc2ncccc2c1)C1CCNCC1. The number of nitrogens with zero attached hydrogens (tertiary/aromatic N) is 2. The Bertz CT molecular complexity index is 546. The van der Waals surface area contributed by atoms with E-state index in [-0.39, 0.29) is 0 Å². The van der Waals surface area contributed by atoms with Gasteiger partial charge in [-0.15, -0.1) is 0 Å². The summed E-state index contributed by atoms with van der Waals surface area (Å²) < 4.78 is 0. The molecule has 3 heteroatoms. The fourth-order valence-corrected chi connectivity index (χ4v) is 3.01. The maximum atomic E-state index is 4.39. The van der Waals surface area contributed by atoms with Crippen LogP contribution in [0.25, 0.3) is 10.9 Å². The first-order valence-electron chi connectivity index (χ1n) is 7.20. The molecule has 1 aliphatic rings. The van der Waals surface area contributed by atoms with Crippen LogP contribution >= 0.6 is 0 Å². The molecular weight excluding hydrogens is 234 g/mol. The minimum absolute atomic E-state index is 0.667. The zero-order valence-corrected chi connectivity index (χ0v) is 11.5. The molecule has 1 N–H and O–H groups in total. The number of hydrogen-bond donors (Lipinski definition) is 1. The highest BCUT2D eigenvalue weighted by molar-refractivity contribution is 5.82. The molecule has 0 amide bonds. The molecule has 3 nitrogen and oxygen atoms in total. The van der Waals surface area contributed by atoms with Crippen LogP contribution in [0.15, 0.2) is 36.5 Å². The summed E-state index contributed by atoms with van der Waals surface area (Å²) in [6.07, 6.45) is 4.32. The van der Waals surface area contributed by atoms with Gasteiger partial charge < -0.3 is 10.2 Å². The first-order chi connectivity index (χ1) is 9.38.